The zero-order chi connectivity index (χ0) is 11.8. The second-order valence-corrected chi connectivity index (χ2v) is 6.38. The Bertz CT molecular complexity index is 250. The van der Waals surface area contributed by atoms with E-state index in [1.807, 2.05) is 0 Å². The van der Waals surface area contributed by atoms with Crippen LogP contribution in [0.15, 0.2) is 0 Å². The number of hydrogen-bond acceptors (Lipinski definition) is 1. The van der Waals surface area contributed by atoms with E-state index in [0.717, 1.165) is 5.92 Å². The molecule has 0 aromatic heterocycles. The van der Waals surface area contributed by atoms with Gasteiger partial charge < -0.3 is 4.74 Å². The van der Waals surface area contributed by atoms with E-state index in [2.05, 4.69) is 27.7 Å². The molecule has 1 saturated carbocycles. The molecular formula is C15H28O. The number of ether oxygens (including phenoxy) is 1. The van der Waals surface area contributed by atoms with E-state index in [0.29, 0.717) is 11.5 Å². The van der Waals surface area contributed by atoms with Gasteiger partial charge >= 0.3 is 0 Å². The third-order valence-electron chi connectivity index (χ3n) is 5.49. The molecule has 16 heavy (non-hydrogen) atoms. The van der Waals surface area contributed by atoms with Gasteiger partial charge in [0.15, 0.2) is 0 Å². The summed E-state index contributed by atoms with van der Waals surface area (Å²) in [6, 6.07) is 0. The first-order valence-electron chi connectivity index (χ1n) is 7.24. The summed E-state index contributed by atoms with van der Waals surface area (Å²) < 4.78 is 6.48. The van der Waals surface area contributed by atoms with Crippen LogP contribution in [0.3, 0.4) is 0 Å². The second kappa shape index (κ2) is 4.33. The van der Waals surface area contributed by atoms with E-state index in [9.17, 15) is 0 Å². The van der Waals surface area contributed by atoms with Gasteiger partial charge in [0.05, 0.1) is 11.7 Å². The summed E-state index contributed by atoms with van der Waals surface area (Å²) in [7, 11) is 0. The van der Waals surface area contributed by atoms with Gasteiger partial charge in [-0.2, -0.15) is 0 Å². The van der Waals surface area contributed by atoms with Crippen LogP contribution in [-0.2, 0) is 4.74 Å². The van der Waals surface area contributed by atoms with Crippen molar-refractivity contribution in [3.63, 3.8) is 0 Å². The predicted octanol–water partition coefficient (Wildman–Crippen LogP) is 4.55. The number of fused-ring (bicyclic) bond motifs is 3. The highest BCUT2D eigenvalue weighted by molar-refractivity contribution is 5.04. The number of rotatable bonds is 4. The van der Waals surface area contributed by atoms with Gasteiger partial charge in [0.25, 0.3) is 0 Å². The average molecular weight is 224 g/mol. The lowest BCUT2D eigenvalue weighted by Gasteiger charge is -2.60. The predicted molar refractivity (Wildman–Crippen MR) is 68.5 cm³/mol. The summed E-state index contributed by atoms with van der Waals surface area (Å²) in [5, 5.41) is 0. The lowest BCUT2D eigenvalue weighted by atomic mass is 9.57. The molecule has 1 aliphatic carbocycles. The largest absolute Gasteiger partial charge is 0.371 e. The first-order valence-corrected chi connectivity index (χ1v) is 7.24. The summed E-state index contributed by atoms with van der Waals surface area (Å²) in [4.78, 5) is 0. The lowest BCUT2D eigenvalue weighted by Crippen LogP contribution is -2.59. The monoisotopic (exact) mass is 224 g/mol. The smallest absolute Gasteiger partial charge is 0.0684 e. The number of unbranched alkanes of at least 4 members (excludes halogenated alkanes) is 1. The van der Waals surface area contributed by atoms with Gasteiger partial charge in [-0.15, -0.1) is 0 Å². The molecule has 3 unspecified atom stereocenters. The topological polar surface area (TPSA) is 9.23 Å². The molecule has 94 valence electrons. The quantitative estimate of drug-likeness (QED) is 0.680. The summed E-state index contributed by atoms with van der Waals surface area (Å²) in [6.07, 6.45) is 9.85. The van der Waals surface area contributed by atoms with Gasteiger partial charge in [0, 0.05) is 0 Å². The van der Waals surface area contributed by atoms with Gasteiger partial charge in [0.1, 0.15) is 0 Å². The molecule has 2 aliphatic heterocycles. The molecule has 3 fully saturated rings. The fourth-order valence-electron chi connectivity index (χ4n) is 3.89. The molecule has 1 heteroatoms. The van der Waals surface area contributed by atoms with Crippen LogP contribution in [0.1, 0.15) is 72.6 Å². The molecule has 0 aromatic carbocycles. The van der Waals surface area contributed by atoms with Crippen LogP contribution in [-0.4, -0.2) is 11.7 Å². The minimum atomic E-state index is 0.190. The molecule has 2 heterocycles. The first kappa shape index (κ1) is 12.4. The molecule has 1 nitrogen and oxygen atoms in total. The third kappa shape index (κ3) is 1.81. The van der Waals surface area contributed by atoms with Crippen molar-refractivity contribution in [2.45, 2.75) is 84.3 Å². The highest BCUT2D eigenvalue weighted by Gasteiger charge is 2.55. The van der Waals surface area contributed by atoms with Crippen molar-refractivity contribution in [1.82, 2.24) is 0 Å². The van der Waals surface area contributed by atoms with Crippen LogP contribution in [0.25, 0.3) is 0 Å². The minimum absolute atomic E-state index is 0.190. The molecule has 3 rings (SSSR count). The van der Waals surface area contributed by atoms with Crippen molar-refractivity contribution in [3.05, 3.63) is 0 Å². The summed E-state index contributed by atoms with van der Waals surface area (Å²) in [5.74, 6) is 0.749. The Morgan fingerprint density at radius 3 is 2.56 bits per heavy atom. The summed E-state index contributed by atoms with van der Waals surface area (Å²) in [6.45, 7) is 9.38. The Morgan fingerprint density at radius 1 is 1.25 bits per heavy atom. The van der Waals surface area contributed by atoms with Crippen LogP contribution in [0.4, 0.5) is 0 Å². The molecule has 0 amide bonds. The fraction of sp³-hybridized carbons (Fsp3) is 1.00. The van der Waals surface area contributed by atoms with Crippen molar-refractivity contribution < 1.29 is 4.74 Å². The van der Waals surface area contributed by atoms with E-state index >= 15 is 0 Å². The Labute approximate surface area is 101 Å². The van der Waals surface area contributed by atoms with Gasteiger partial charge in [-0.1, -0.05) is 33.6 Å². The van der Waals surface area contributed by atoms with Gasteiger partial charge in [-0.3, -0.25) is 0 Å². The zero-order valence-corrected chi connectivity index (χ0v) is 11.5. The molecule has 3 aliphatic rings. The minimum Gasteiger partial charge on any atom is -0.371 e. The van der Waals surface area contributed by atoms with Crippen molar-refractivity contribution in [2.75, 3.05) is 0 Å². The molecule has 2 bridgehead atoms. The van der Waals surface area contributed by atoms with Crippen molar-refractivity contribution in [1.29, 1.82) is 0 Å². The maximum absolute atomic E-state index is 6.48. The number of hydrogen-bond donors (Lipinski definition) is 0. The normalized spacial score (nSPS) is 47.2. The lowest BCUT2D eigenvalue weighted by molar-refractivity contribution is -0.254. The van der Waals surface area contributed by atoms with E-state index in [4.69, 9.17) is 4.74 Å². The van der Waals surface area contributed by atoms with Crippen LogP contribution in [0.2, 0.25) is 0 Å². The van der Waals surface area contributed by atoms with Crippen molar-refractivity contribution in [2.24, 2.45) is 11.3 Å². The maximum Gasteiger partial charge on any atom is 0.0684 e. The third-order valence-corrected chi connectivity index (χ3v) is 5.49. The van der Waals surface area contributed by atoms with Gasteiger partial charge in [-0.05, 0) is 50.4 Å². The van der Waals surface area contributed by atoms with Gasteiger partial charge in [0.2, 0.25) is 0 Å². The molecule has 0 N–H and O–H groups in total. The molecule has 2 saturated heterocycles. The van der Waals surface area contributed by atoms with E-state index in [-0.39, 0.29) is 5.60 Å². The second-order valence-electron chi connectivity index (χ2n) is 6.38. The highest BCUT2D eigenvalue weighted by atomic mass is 16.5. The van der Waals surface area contributed by atoms with Crippen LogP contribution < -0.4 is 0 Å². The van der Waals surface area contributed by atoms with E-state index in [1.165, 1.54) is 44.9 Å². The summed E-state index contributed by atoms with van der Waals surface area (Å²) >= 11 is 0. The highest BCUT2D eigenvalue weighted by Crippen LogP contribution is 2.57. The zero-order valence-electron chi connectivity index (χ0n) is 11.5. The SMILES string of the molecule is CCCCC1O[C@@]2(C)CCC1(CC)CC2C. The Morgan fingerprint density at radius 2 is 2.00 bits per heavy atom. The molecule has 0 radical (unpaired) electrons. The van der Waals surface area contributed by atoms with Crippen LogP contribution >= 0.6 is 0 Å². The van der Waals surface area contributed by atoms with Crippen molar-refractivity contribution >= 4 is 0 Å². The standard InChI is InChI=1S/C15H28O/c1-5-7-8-13-15(6-2)10-9-14(4,16-13)12(3)11-15/h12-13H,5-11H2,1-4H3/t12?,13?,14-,15?/m0/s1. The maximum atomic E-state index is 6.48. The Hall–Kier alpha value is -0.0400. The molecular weight excluding hydrogens is 196 g/mol. The van der Waals surface area contributed by atoms with Crippen LogP contribution in [0, 0.1) is 11.3 Å². The molecule has 0 spiro atoms. The molecule has 4 atom stereocenters. The fourth-order valence-corrected chi connectivity index (χ4v) is 3.89. The Balaban J connectivity index is 2.14. The van der Waals surface area contributed by atoms with Crippen molar-refractivity contribution in [3.8, 4) is 0 Å². The van der Waals surface area contributed by atoms with E-state index < -0.39 is 0 Å². The summed E-state index contributed by atoms with van der Waals surface area (Å²) in [5.41, 5.74) is 0.710. The van der Waals surface area contributed by atoms with E-state index in [1.54, 1.807) is 0 Å². The van der Waals surface area contributed by atoms with Crippen LogP contribution in [0.5, 0.6) is 0 Å². The first-order chi connectivity index (χ1) is 7.56. The average Bonchev–Trinajstić information content (AvgIpc) is 2.28. The Kier molecular flexibility index (Phi) is 3.36. The molecule has 0 aromatic rings. The van der Waals surface area contributed by atoms with Gasteiger partial charge in [-0.25, -0.2) is 0 Å².